The van der Waals surface area contributed by atoms with Gasteiger partial charge < -0.3 is 10.1 Å². The van der Waals surface area contributed by atoms with E-state index in [9.17, 15) is 0 Å². The second kappa shape index (κ2) is 8.16. The maximum absolute atomic E-state index is 5.64. The Bertz CT molecular complexity index is 341. The molecule has 3 heteroatoms. The minimum absolute atomic E-state index is 0.238. The van der Waals surface area contributed by atoms with Crippen LogP contribution in [0.1, 0.15) is 52.1 Å². The summed E-state index contributed by atoms with van der Waals surface area (Å²) in [6, 6.07) is 3.96. The molecule has 0 saturated heterocycles. The predicted molar refractivity (Wildman–Crippen MR) is 80.7 cm³/mol. The molecule has 1 aromatic heterocycles. The van der Waals surface area contributed by atoms with Crippen LogP contribution in [0.25, 0.3) is 0 Å². The van der Waals surface area contributed by atoms with Crippen molar-refractivity contribution < 1.29 is 4.74 Å². The molecule has 1 rings (SSSR count). The highest BCUT2D eigenvalue weighted by Gasteiger charge is 2.06. The summed E-state index contributed by atoms with van der Waals surface area (Å²) < 4.78 is 5.64. The molecule has 0 atom stereocenters. The minimum Gasteiger partial charge on any atom is -0.492 e. The van der Waals surface area contributed by atoms with Crippen LogP contribution in [0.4, 0.5) is 0 Å². The molecule has 1 heterocycles. The maximum Gasteiger partial charge on any atom is 0.137 e. The van der Waals surface area contributed by atoms with Gasteiger partial charge in [0, 0.05) is 11.2 Å². The number of rotatable bonds is 8. The normalized spacial score (nSPS) is 11.6. The van der Waals surface area contributed by atoms with Gasteiger partial charge >= 0.3 is 0 Å². The fraction of sp³-hybridized carbons (Fsp3) is 0.688. The van der Waals surface area contributed by atoms with Crippen molar-refractivity contribution in [2.75, 3.05) is 13.2 Å². The lowest BCUT2D eigenvalue weighted by molar-refractivity contribution is 0.302. The SMILES string of the molecule is Cc1ccc(OCCCCCCNC(C)(C)C)cn1. The zero-order valence-corrected chi connectivity index (χ0v) is 12.8. The van der Waals surface area contributed by atoms with Gasteiger partial charge in [0.05, 0.1) is 12.8 Å². The molecule has 0 aliphatic heterocycles. The monoisotopic (exact) mass is 264 g/mol. The van der Waals surface area contributed by atoms with Crippen molar-refractivity contribution in [3.63, 3.8) is 0 Å². The third-order valence-corrected chi connectivity index (χ3v) is 2.88. The van der Waals surface area contributed by atoms with Gasteiger partial charge in [-0.15, -0.1) is 0 Å². The van der Waals surface area contributed by atoms with Gasteiger partial charge in [-0.1, -0.05) is 12.8 Å². The Morgan fingerprint density at radius 3 is 2.47 bits per heavy atom. The number of aromatic nitrogens is 1. The highest BCUT2D eigenvalue weighted by molar-refractivity contribution is 5.18. The maximum atomic E-state index is 5.64. The third kappa shape index (κ3) is 8.60. The summed E-state index contributed by atoms with van der Waals surface area (Å²) in [6.07, 6.45) is 6.64. The second-order valence-electron chi connectivity index (χ2n) is 6.07. The van der Waals surface area contributed by atoms with E-state index in [0.29, 0.717) is 0 Å². The van der Waals surface area contributed by atoms with Crippen molar-refractivity contribution in [1.82, 2.24) is 10.3 Å². The van der Waals surface area contributed by atoms with Gasteiger partial charge in [0.1, 0.15) is 5.75 Å². The van der Waals surface area contributed by atoms with Crippen LogP contribution < -0.4 is 10.1 Å². The highest BCUT2D eigenvalue weighted by atomic mass is 16.5. The first-order valence-electron chi connectivity index (χ1n) is 7.28. The van der Waals surface area contributed by atoms with Crippen LogP contribution in [0.15, 0.2) is 18.3 Å². The zero-order valence-electron chi connectivity index (χ0n) is 12.8. The van der Waals surface area contributed by atoms with E-state index in [-0.39, 0.29) is 5.54 Å². The van der Waals surface area contributed by atoms with E-state index in [1.807, 2.05) is 19.1 Å². The largest absolute Gasteiger partial charge is 0.492 e. The van der Waals surface area contributed by atoms with Crippen LogP contribution in [0.3, 0.4) is 0 Å². The van der Waals surface area contributed by atoms with Gasteiger partial charge in [-0.3, -0.25) is 4.98 Å². The molecule has 3 nitrogen and oxygen atoms in total. The van der Waals surface area contributed by atoms with Gasteiger partial charge in [0.15, 0.2) is 0 Å². The summed E-state index contributed by atoms with van der Waals surface area (Å²) in [5, 5.41) is 3.50. The van der Waals surface area contributed by atoms with Crippen molar-refractivity contribution in [1.29, 1.82) is 0 Å². The van der Waals surface area contributed by atoms with Crippen molar-refractivity contribution in [3.8, 4) is 5.75 Å². The first-order chi connectivity index (χ1) is 8.97. The molecular weight excluding hydrogens is 236 g/mol. The molecule has 1 aromatic rings. The molecule has 0 aromatic carbocycles. The number of aryl methyl sites for hydroxylation is 1. The molecule has 0 aliphatic rings. The molecule has 0 aliphatic carbocycles. The van der Waals surface area contributed by atoms with Crippen LogP contribution in [0.2, 0.25) is 0 Å². The number of hydrogen-bond acceptors (Lipinski definition) is 3. The quantitative estimate of drug-likeness (QED) is 0.727. The van der Waals surface area contributed by atoms with E-state index >= 15 is 0 Å². The summed E-state index contributed by atoms with van der Waals surface area (Å²) in [4.78, 5) is 4.21. The Balaban J connectivity index is 1.95. The second-order valence-corrected chi connectivity index (χ2v) is 6.07. The predicted octanol–water partition coefficient (Wildman–Crippen LogP) is 3.72. The molecule has 108 valence electrons. The summed E-state index contributed by atoms with van der Waals surface area (Å²) in [5.41, 5.74) is 1.26. The molecule has 19 heavy (non-hydrogen) atoms. The number of ether oxygens (including phenoxy) is 1. The number of hydrogen-bond donors (Lipinski definition) is 1. The Kier molecular flexibility index (Phi) is 6.85. The number of pyridine rings is 1. The molecule has 0 spiro atoms. The topological polar surface area (TPSA) is 34.1 Å². The lowest BCUT2D eigenvalue weighted by Crippen LogP contribution is -2.36. The Labute approximate surface area is 117 Å². The van der Waals surface area contributed by atoms with Gasteiger partial charge in [-0.05, 0) is 59.2 Å². The first kappa shape index (κ1) is 16.0. The van der Waals surface area contributed by atoms with E-state index in [1.54, 1.807) is 6.20 Å². The molecular formula is C16H28N2O. The van der Waals surface area contributed by atoms with Crippen molar-refractivity contribution >= 4 is 0 Å². The summed E-state index contributed by atoms with van der Waals surface area (Å²) in [7, 11) is 0. The van der Waals surface area contributed by atoms with Crippen molar-refractivity contribution in [2.45, 2.75) is 58.9 Å². The summed E-state index contributed by atoms with van der Waals surface area (Å²) in [5.74, 6) is 0.875. The van der Waals surface area contributed by atoms with Crippen LogP contribution in [-0.2, 0) is 0 Å². The summed E-state index contributed by atoms with van der Waals surface area (Å²) in [6.45, 7) is 10.5. The molecule has 0 saturated carbocycles. The van der Waals surface area contributed by atoms with Gasteiger partial charge in [0.2, 0.25) is 0 Å². The standard InChI is InChI=1S/C16H28N2O/c1-14-9-10-15(13-17-14)19-12-8-6-5-7-11-18-16(2,3)4/h9-10,13,18H,5-8,11-12H2,1-4H3. The first-order valence-corrected chi connectivity index (χ1v) is 7.28. The number of nitrogens with one attached hydrogen (secondary N) is 1. The van der Waals surface area contributed by atoms with Crippen LogP contribution in [0.5, 0.6) is 5.75 Å². The Morgan fingerprint density at radius 1 is 1.11 bits per heavy atom. The number of nitrogens with zero attached hydrogens (tertiary/aromatic N) is 1. The van der Waals surface area contributed by atoms with E-state index in [4.69, 9.17) is 4.74 Å². The molecule has 0 radical (unpaired) electrons. The van der Waals surface area contributed by atoms with Crippen LogP contribution in [0, 0.1) is 6.92 Å². The van der Waals surface area contributed by atoms with Crippen molar-refractivity contribution in [3.05, 3.63) is 24.0 Å². The van der Waals surface area contributed by atoms with E-state index in [1.165, 1.54) is 19.3 Å². The number of unbranched alkanes of at least 4 members (excludes halogenated alkanes) is 3. The molecule has 0 bridgehead atoms. The van der Waals surface area contributed by atoms with E-state index in [0.717, 1.165) is 31.0 Å². The third-order valence-electron chi connectivity index (χ3n) is 2.88. The molecule has 1 N–H and O–H groups in total. The lowest BCUT2D eigenvalue weighted by Gasteiger charge is -2.20. The highest BCUT2D eigenvalue weighted by Crippen LogP contribution is 2.10. The van der Waals surface area contributed by atoms with Crippen molar-refractivity contribution in [2.24, 2.45) is 0 Å². The Morgan fingerprint density at radius 2 is 1.84 bits per heavy atom. The van der Waals surface area contributed by atoms with E-state index < -0.39 is 0 Å². The fourth-order valence-electron chi connectivity index (χ4n) is 1.77. The van der Waals surface area contributed by atoms with Crippen LogP contribution >= 0.6 is 0 Å². The Hall–Kier alpha value is -1.09. The molecule has 0 fully saturated rings. The van der Waals surface area contributed by atoms with Gasteiger partial charge in [-0.2, -0.15) is 0 Å². The lowest BCUT2D eigenvalue weighted by atomic mass is 10.1. The summed E-state index contributed by atoms with van der Waals surface area (Å²) >= 11 is 0. The average molecular weight is 264 g/mol. The minimum atomic E-state index is 0.238. The smallest absolute Gasteiger partial charge is 0.137 e. The fourth-order valence-corrected chi connectivity index (χ4v) is 1.77. The van der Waals surface area contributed by atoms with Crippen LogP contribution in [-0.4, -0.2) is 23.7 Å². The van der Waals surface area contributed by atoms with E-state index in [2.05, 4.69) is 31.1 Å². The molecule has 0 unspecified atom stereocenters. The van der Waals surface area contributed by atoms with Gasteiger partial charge in [-0.25, -0.2) is 0 Å². The zero-order chi connectivity index (χ0) is 14.1. The molecule has 0 amide bonds. The van der Waals surface area contributed by atoms with Gasteiger partial charge in [0.25, 0.3) is 0 Å². The average Bonchev–Trinajstić information content (AvgIpc) is 2.33.